The molecule has 1 nitrogen and oxygen atoms in total. The molecule has 0 aromatic rings. The molecule has 2 heteroatoms. The van der Waals surface area contributed by atoms with Crippen molar-refractivity contribution in [1.82, 2.24) is 0 Å². The van der Waals surface area contributed by atoms with E-state index in [0.717, 1.165) is 6.42 Å². The van der Waals surface area contributed by atoms with Gasteiger partial charge in [0.15, 0.2) is 0 Å². The van der Waals surface area contributed by atoms with Crippen LogP contribution in [0.4, 0.5) is 0 Å². The lowest BCUT2D eigenvalue weighted by Crippen LogP contribution is -1.82. The Labute approximate surface area is 65.0 Å². The van der Waals surface area contributed by atoms with Crippen molar-refractivity contribution in [2.75, 3.05) is 0 Å². The molecule has 0 saturated carbocycles. The second-order valence-electron chi connectivity index (χ2n) is 1.89. The van der Waals surface area contributed by atoms with Crippen LogP contribution in [-0.4, -0.2) is 5.04 Å². The number of thioether (sulfide) groups is 1. The minimum absolute atomic E-state index is 0.691. The summed E-state index contributed by atoms with van der Waals surface area (Å²) in [6.07, 6.45) is 10.6. The van der Waals surface area contributed by atoms with Gasteiger partial charge in [0.2, 0.25) is 0 Å². The zero-order valence-electron chi connectivity index (χ0n) is 5.58. The maximum Gasteiger partial charge on any atom is 0.0721 e. The Morgan fingerprint density at radius 1 is 1.20 bits per heavy atom. The molecule has 1 heterocycles. The molecule has 0 aromatic carbocycles. The summed E-state index contributed by atoms with van der Waals surface area (Å²) < 4.78 is 0. The molecule has 0 radical (unpaired) electrons. The van der Waals surface area contributed by atoms with Crippen LogP contribution < -0.4 is 0 Å². The molecule has 0 saturated heterocycles. The highest BCUT2D eigenvalue weighted by atomic mass is 32.2. The molecule has 0 unspecified atom stereocenters. The Kier molecular flexibility index (Phi) is 3.03. The molecule has 52 valence electrons. The number of hydrogen-bond acceptors (Lipinski definition) is 2. The van der Waals surface area contributed by atoms with Crippen molar-refractivity contribution in [1.29, 1.82) is 5.41 Å². The lowest BCUT2D eigenvalue weighted by Gasteiger charge is -1.90. The predicted molar refractivity (Wildman–Crippen MR) is 47.4 cm³/mol. The van der Waals surface area contributed by atoms with Gasteiger partial charge in [-0.15, -0.1) is 0 Å². The molecule has 0 aliphatic carbocycles. The van der Waals surface area contributed by atoms with Gasteiger partial charge in [-0.3, -0.25) is 5.41 Å². The predicted octanol–water partition coefficient (Wildman–Crippen LogP) is 2.73. The Hall–Kier alpha value is -0.760. The van der Waals surface area contributed by atoms with Crippen LogP contribution in [0.1, 0.15) is 6.42 Å². The van der Waals surface area contributed by atoms with Crippen molar-refractivity contribution in [2.45, 2.75) is 6.42 Å². The van der Waals surface area contributed by atoms with Crippen LogP contribution in [0.15, 0.2) is 35.8 Å². The number of allylic oxidation sites excluding steroid dienone is 5. The highest BCUT2D eigenvalue weighted by molar-refractivity contribution is 8.16. The smallest absolute Gasteiger partial charge is 0.0721 e. The molecule has 1 aliphatic heterocycles. The second-order valence-corrected chi connectivity index (χ2v) is 2.89. The average Bonchev–Trinajstić information content (AvgIpc) is 2.02. The van der Waals surface area contributed by atoms with Crippen LogP contribution in [0.5, 0.6) is 0 Å². The lowest BCUT2D eigenvalue weighted by molar-refractivity contribution is 1.42. The van der Waals surface area contributed by atoms with Gasteiger partial charge in [-0.2, -0.15) is 0 Å². The summed E-state index contributed by atoms with van der Waals surface area (Å²) >= 11 is 1.47. The summed E-state index contributed by atoms with van der Waals surface area (Å²) in [5.41, 5.74) is 0. The van der Waals surface area contributed by atoms with Crippen molar-refractivity contribution in [3.8, 4) is 0 Å². The number of rotatable bonds is 0. The third kappa shape index (κ3) is 2.69. The molecule has 0 bridgehead atoms. The van der Waals surface area contributed by atoms with E-state index in [0.29, 0.717) is 5.04 Å². The Bertz CT molecular complexity index is 181. The van der Waals surface area contributed by atoms with Gasteiger partial charge >= 0.3 is 0 Å². The maximum atomic E-state index is 7.36. The first-order chi connectivity index (χ1) is 4.89. The summed E-state index contributed by atoms with van der Waals surface area (Å²) in [6.45, 7) is 0. The van der Waals surface area contributed by atoms with Gasteiger partial charge in [0, 0.05) is 6.42 Å². The molecule has 10 heavy (non-hydrogen) atoms. The molecule has 1 aliphatic rings. The summed E-state index contributed by atoms with van der Waals surface area (Å²) in [6, 6.07) is 0. The molecular weight excluding hydrogens is 142 g/mol. The van der Waals surface area contributed by atoms with Gasteiger partial charge in [-0.05, 0) is 5.41 Å². The fraction of sp³-hybridized carbons (Fsp3) is 0.125. The zero-order valence-corrected chi connectivity index (χ0v) is 6.40. The minimum Gasteiger partial charge on any atom is -0.298 e. The summed E-state index contributed by atoms with van der Waals surface area (Å²) in [4.78, 5) is 0. The van der Waals surface area contributed by atoms with E-state index in [4.69, 9.17) is 5.41 Å². The summed E-state index contributed by atoms with van der Waals surface area (Å²) in [7, 11) is 0. The number of hydrogen-bond donors (Lipinski definition) is 1. The molecule has 1 N–H and O–H groups in total. The highest BCUT2D eigenvalue weighted by Crippen LogP contribution is 2.09. The Morgan fingerprint density at radius 2 is 2.00 bits per heavy atom. The normalized spacial score (nSPS) is 18.2. The van der Waals surface area contributed by atoms with Crippen LogP contribution >= 0.6 is 11.8 Å². The topological polar surface area (TPSA) is 23.9 Å². The largest absolute Gasteiger partial charge is 0.298 e. The SMILES string of the molecule is N=C1CC=CC=CC=CS1. The second kappa shape index (κ2) is 4.12. The summed E-state index contributed by atoms with van der Waals surface area (Å²) in [5, 5.41) is 9.97. The van der Waals surface area contributed by atoms with Crippen LogP contribution in [0.2, 0.25) is 0 Å². The van der Waals surface area contributed by atoms with E-state index in [2.05, 4.69) is 0 Å². The van der Waals surface area contributed by atoms with Gasteiger partial charge in [-0.1, -0.05) is 42.1 Å². The van der Waals surface area contributed by atoms with E-state index in [1.165, 1.54) is 11.8 Å². The molecular formula is C8H9NS. The van der Waals surface area contributed by atoms with Crippen molar-refractivity contribution in [3.63, 3.8) is 0 Å². The number of nitrogens with one attached hydrogen (secondary N) is 1. The van der Waals surface area contributed by atoms with Crippen molar-refractivity contribution < 1.29 is 0 Å². The van der Waals surface area contributed by atoms with Crippen LogP contribution in [0.25, 0.3) is 0 Å². The zero-order chi connectivity index (χ0) is 7.23. The van der Waals surface area contributed by atoms with E-state index < -0.39 is 0 Å². The quantitative estimate of drug-likeness (QED) is 0.565. The standard InChI is InChI=1S/C8H9NS/c9-8-6-4-2-1-3-5-7-10-8/h1-5,7,9H,6H2. The van der Waals surface area contributed by atoms with Gasteiger partial charge in [0.1, 0.15) is 0 Å². The van der Waals surface area contributed by atoms with Crippen molar-refractivity contribution >= 4 is 16.8 Å². The maximum absolute atomic E-state index is 7.36. The summed E-state index contributed by atoms with van der Waals surface area (Å²) in [5.74, 6) is 0. The molecule has 1 rings (SSSR count). The van der Waals surface area contributed by atoms with E-state index in [1.807, 2.05) is 35.8 Å². The first-order valence-corrected chi connectivity index (χ1v) is 4.00. The molecule has 0 fully saturated rings. The fourth-order valence-electron chi connectivity index (χ4n) is 0.597. The Balaban J connectivity index is 2.61. The molecule has 0 spiro atoms. The minimum atomic E-state index is 0.691. The van der Waals surface area contributed by atoms with E-state index in [9.17, 15) is 0 Å². The third-order valence-corrected chi connectivity index (χ3v) is 1.81. The van der Waals surface area contributed by atoms with Crippen LogP contribution in [0.3, 0.4) is 0 Å². The van der Waals surface area contributed by atoms with Gasteiger partial charge in [-0.25, -0.2) is 0 Å². The van der Waals surface area contributed by atoms with E-state index in [-0.39, 0.29) is 0 Å². The molecule has 0 aromatic heterocycles. The van der Waals surface area contributed by atoms with Crippen LogP contribution in [-0.2, 0) is 0 Å². The fourth-order valence-corrected chi connectivity index (χ4v) is 1.12. The van der Waals surface area contributed by atoms with Crippen molar-refractivity contribution in [2.24, 2.45) is 0 Å². The molecule has 0 atom stereocenters. The van der Waals surface area contributed by atoms with E-state index in [1.54, 1.807) is 0 Å². The van der Waals surface area contributed by atoms with Gasteiger partial charge in [0.25, 0.3) is 0 Å². The van der Waals surface area contributed by atoms with Crippen LogP contribution in [0, 0.1) is 5.41 Å². The monoisotopic (exact) mass is 151 g/mol. The van der Waals surface area contributed by atoms with E-state index >= 15 is 0 Å². The van der Waals surface area contributed by atoms with Gasteiger partial charge in [0.05, 0.1) is 5.04 Å². The van der Waals surface area contributed by atoms with Gasteiger partial charge < -0.3 is 0 Å². The Morgan fingerprint density at radius 3 is 2.90 bits per heavy atom. The first-order valence-electron chi connectivity index (χ1n) is 3.12. The first kappa shape index (κ1) is 7.35. The highest BCUT2D eigenvalue weighted by Gasteiger charge is 1.89. The van der Waals surface area contributed by atoms with Crippen molar-refractivity contribution in [3.05, 3.63) is 35.8 Å². The third-order valence-electron chi connectivity index (χ3n) is 1.06. The average molecular weight is 151 g/mol. The lowest BCUT2D eigenvalue weighted by atomic mass is 10.4. The molecule has 0 amide bonds.